The normalized spacial score (nSPS) is 41.4. The molecule has 0 aromatic carbocycles. The van der Waals surface area contributed by atoms with Crippen LogP contribution in [0.25, 0.3) is 0 Å². The highest BCUT2D eigenvalue weighted by Gasteiger charge is 2.64. The van der Waals surface area contributed by atoms with E-state index in [1.165, 1.54) is 7.11 Å². The summed E-state index contributed by atoms with van der Waals surface area (Å²) in [7, 11) is 1.37. The Morgan fingerprint density at radius 3 is 2.22 bits per heavy atom. The molecule has 1 fully saturated rings. The average molecular weight is 246 g/mol. The molecule has 3 nitrogen and oxygen atoms in total. The highest BCUT2D eigenvalue weighted by molar-refractivity contribution is 6.05. The molecule has 0 heterocycles. The molecule has 96 valence electrons. The summed E-state index contributed by atoms with van der Waals surface area (Å²) < 4.78 is 4.81. The summed E-state index contributed by atoms with van der Waals surface area (Å²) in [4.78, 5) is 24.5. The van der Waals surface area contributed by atoms with Gasteiger partial charge in [0.1, 0.15) is 5.92 Å². The zero-order valence-corrected chi connectivity index (χ0v) is 10.6. The molecule has 1 atom stereocenters. The molecule has 0 bridgehead atoms. The molecule has 0 unspecified atom stereocenters. The minimum atomic E-state index is -0.546. The van der Waals surface area contributed by atoms with E-state index in [1.807, 2.05) is 0 Å². The quantitative estimate of drug-likeness (QED) is 0.405. The van der Waals surface area contributed by atoms with Crippen LogP contribution in [-0.4, -0.2) is 18.9 Å². The van der Waals surface area contributed by atoms with Crippen molar-refractivity contribution in [2.75, 3.05) is 7.11 Å². The van der Waals surface area contributed by atoms with E-state index < -0.39 is 5.92 Å². The van der Waals surface area contributed by atoms with Gasteiger partial charge in [0.2, 0.25) is 0 Å². The van der Waals surface area contributed by atoms with Crippen LogP contribution in [0, 0.1) is 16.7 Å². The summed E-state index contributed by atoms with van der Waals surface area (Å²) in [6.07, 6.45) is 12.6. The van der Waals surface area contributed by atoms with Crippen LogP contribution >= 0.6 is 0 Å². The number of rotatable bonds is 1. The molecule has 0 amide bonds. The van der Waals surface area contributed by atoms with Gasteiger partial charge in [0.25, 0.3) is 0 Å². The molecule has 3 aliphatic rings. The van der Waals surface area contributed by atoms with Crippen molar-refractivity contribution < 1.29 is 14.3 Å². The second kappa shape index (κ2) is 3.81. The topological polar surface area (TPSA) is 43.4 Å². The zero-order chi connectivity index (χ0) is 12.8. The van der Waals surface area contributed by atoms with Crippen LogP contribution < -0.4 is 0 Å². The first-order valence-electron chi connectivity index (χ1n) is 6.57. The number of ketones is 1. The summed E-state index contributed by atoms with van der Waals surface area (Å²) in [5, 5.41) is 0. The van der Waals surface area contributed by atoms with Gasteiger partial charge in [-0.05, 0) is 37.5 Å². The molecule has 3 heteroatoms. The van der Waals surface area contributed by atoms with Gasteiger partial charge >= 0.3 is 5.97 Å². The van der Waals surface area contributed by atoms with Crippen molar-refractivity contribution >= 4 is 11.8 Å². The fourth-order valence-corrected chi connectivity index (χ4v) is 4.15. The number of methoxy groups -OCH3 is 1. The van der Waals surface area contributed by atoms with E-state index in [2.05, 4.69) is 24.3 Å². The van der Waals surface area contributed by atoms with E-state index in [-0.39, 0.29) is 22.6 Å². The first-order valence-corrected chi connectivity index (χ1v) is 6.57. The molecule has 0 N–H and O–H groups in total. The maximum atomic E-state index is 12.7. The molecular weight excluding hydrogens is 228 g/mol. The van der Waals surface area contributed by atoms with Crippen molar-refractivity contribution in [3.05, 3.63) is 24.3 Å². The third-order valence-corrected chi connectivity index (χ3v) is 5.17. The first-order chi connectivity index (χ1) is 8.65. The standard InChI is InChI=1S/C15H18O3/c1-18-13(17)11-10-14-6-2-4-8-15(14,12(11)16)9-5-3-7-14/h2-5,11H,6-10H2,1H3/t11-,14?,15?/m1/s1. The maximum Gasteiger partial charge on any atom is 0.316 e. The van der Waals surface area contributed by atoms with Crippen LogP contribution in [0.5, 0.6) is 0 Å². The SMILES string of the molecule is COC(=O)[C@@H]1CC23CC=CCC2(CC=CC3)C1=O. The van der Waals surface area contributed by atoms with Gasteiger partial charge in [-0.2, -0.15) is 0 Å². The van der Waals surface area contributed by atoms with E-state index in [1.54, 1.807) is 0 Å². The number of ether oxygens (including phenoxy) is 1. The molecule has 0 spiro atoms. The van der Waals surface area contributed by atoms with Gasteiger partial charge in [-0.15, -0.1) is 0 Å². The smallest absolute Gasteiger partial charge is 0.316 e. The van der Waals surface area contributed by atoms with Crippen molar-refractivity contribution in [1.29, 1.82) is 0 Å². The molecule has 0 radical (unpaired) electrons. The Balaban J connectivity index is 2.06. The molecule has 1 saturated carbocycles. The lowest BCUT2D eigenvalue weighted by Crippen LogP contribution is -2.44. The van der Waals surface area contributed by atoms with E-state index >= 15 is 0 Å². The van der Waals surface area contributed by atoms with Gasteiger partial charge in [-0.25, -0.2) is 0 Å². The average Bonchev–Trinajstić information content (AvgIpc) is 2.69. The van der Waals surface area contributed by atoms with Gasteiger partial charge in [0.15, 0.2) is 5.78 Å². The van der Waals surface area contributed by atoms with Crippen molar-refractivity contribution in [3.8, 4) is 0 Å². The lowest BCUT2D eigenvalue weighted by atomic mass is 9.55. The van der Waals surface area contributed by atoms with Crippen molar-refractivity contribution in [3.63, 3.8) is 0 Å². The number of carbonyl (C=O) groups is 2. The van der Waals surface area contributed by atoms with Crippen molar-refractivity contribution in [2.45, 2.75) is 32.1 Å². The largest absolute Gasteiger partial charge is 0.468 e. The molecule has 18 heavy (non-hydrogen) atoms. The summed E-state index contributed by atoms with van der Waals surface area (Å²) >= 11 is 0. The van der Waals surface area contributed by atoms with Crippen LogP contribution in [0.3, 0.4) is 0 Å². The highest BCUT2D eigenvalue weighted by atomic mass is 16.5. The van der Waals surface area contributed by atoms with Crippen LogP contribution in [0.4, 0.5) is 0 Å². The Labute approximate surface area is 107 Å². The third kappa shape index (κ3) is 1.25. The summed E-state index contributed by atoms with van der Waals surface area (Å²) in [6.45, 7) is 0. The van der Waals surface area contributed by atoms with Crippen LogP contribution in [-0.2, 0) is 14.3 Å². The van der Waals surface area contributed by atoms with E-state index in [4.69, 9.17) is 4.74 Å². The predicted octanol–water partition coefficient (Wildman–Crippen LogP) is 2.42. The molecule has 0 aliphatic heterocycles. The zero-order valence-electron chi connectivity index (χ0n) is 10.6. The second-order valence-corrected chi connectivity index (χ2v) is 5.77. The Hall–Kier alpha value is -1.38. The van der Waals surface area contributed by atoms with Crippen molar-refractivity contribution in [2.24, 2.45) is 16.7 Å². The number of Topliss-reactive ketones (excluding diaryl/α,β-unsaturated/α-hetero) is 1. The van der Waals surface area contributed by atoms with E-state index in [0.29, 0.717) is 6.42 Å². The van der Waals surface area contributed by atoms with Gasteiger partial charge in [-0.3, -0.25) is 9.59 Å². The molecule has 0 aromatic rings. The number of allylic oxidation sites excluding steroid dienone is 4. The molecular formula is C15H18O3. The van der Waals surface area contributed by atoms with Gasteiger partial charge in [0, 0.05) is 5.41 Å². The lowest BCUT2D eigenvalue weighted by Gasteiger charge is -2.47. The molecule has 0 saturated heterocycles. The number of esters is 1. The Kier molecular flexibility index (Phi) is 2.47. The molecule has 0 aromatic heterocycles. The van der Waals surface area contributed by atoms with Crippen LogP contribution in [0.2, 0.25) is 0 Å². The van der Waals surface area contributed by atoms with Gasteiger partial charge < -0.3 is 4.74 Å². The molecule has 3 rings (SSSR count). The number of hydrogen-bond acceptors (Lipinski definition) is 3. The fraction of sp³-hybridized carbons (Fsp3) is 0.600. The minimum absolute atomic E-state index is 0.0353. The Bertz CT molecular complexity index is 440. The Morgan fingerprint density at radius 2 is 1.72 bits per heavy atom. The predicted molar refractivity (Wildman–Crippen MR) is 66.7 cm³/mol. The lowest BCUT2D eigenvalue weighted by molar-refractivity contribution is -0.149. The summed E-state index contributed by atoms with van der Waals surface area (Å²) in [5.41, 5.74) is -0.373. The van der Waals surface area contributed by atoms with E-state index in [0.717, 1.165) is 25.7 Å². The minimum Gasteiger partial charge on any atom is -0.468 e. The summed E-state index contributed by atoms with van der Waals surface area (Å²) in [5.74, 6) is -0.784. The number of hydrogen-bond donors (Lipinski definition) is 0. The van der Waals surface area contributed by atoms with Crippen LogP contribution in [0.1, 0.15) is 32.1 Å². The Morgan fingerprint density at radius 1 is 1.17 bits per heavy atom. The first kappa shape index (κ1) is 11.7. The third-order valence-electron chi connectivity index (χ3n) is 5.17. The van der Waals surface area contributed by atoms with E-state index in [9.17, 15) is 9.59 Å². The summed E-state index contributed by atoms with van der Waals surface area (Å²) in [6, 6.07) is 0. The maximum absolute atomic E-state index is 12.7. The fourth-order valence-electron chi connectivity index (χ4n) is 4.15. The monoisotopic (exact) mass is 246 g/mol. The van der Waals surface area contributed by atoms with Crippen molar-refractivity contribution in [1.82, 2.24) is 0 Å². The highest BCUT2D eigenvalue weighted by Crippen LogP contribution is 2.64. The second-order valence-electron chi connectivity index (χ2n) is 5.77. The van der Waals surface area contributed by atoms with Gasteiger partial charge in [-0.1, -0.05) is 24.3 Å². The van der Waals surface area contributed by atoms with Gasteiger partial charge in [0.05, 0.1) is 7.11 Å². The van der Waals surface area contributed by atoms with Crippen LogP contribution in [0.15, 0.2) is 24.3 Å². The number of carbonyl (C=O) groups excluding carboxylic acids is 2. The molecule has 3 aliphatic carbocycles.